The number of rotatable bonds is 5. The van der Waals surface area contributed by atoms with Gasteiger partial charge in [0.15, 0.2) is 0 Å². The molecule has 1 amide bonds. The SMILES string of the molecule is CN(C(=O)c1ccccc1CCN)C1COCC1C(=O)O. The summed E-state index contributed by atoms with van der Waals surface area (Å²) in [6, 6.07) is 6.82. The smallest absolute Gasteiger partial charge is 0.311 e. The predicted octanol–water partition coefficient (Wildman–Crippen LogP) is 0.359. The minimum absolute atomic E-state index is 0.141. The van der Waals surface area contributed by atoms with E-state index in [2.05, 4.69) is 0 Å². The number of ether oxygens (including phenoxy) is 1. The Bertz CT molecular complexity index is 532. The van der Waals surface area contributed by atoms with E-state index in [0.717, 1.165) is 5.56 Å². The van der Waals surface area contributed by atoms with Crippen LogP contribution in [0.15, 0.2) is 24.3 Å². The van der Waals surface area contributed by atoms with Gasteiger partial charge in [-0.15, -0.1) is 0 Å². The highest BCUT2D eigenvalue weighted by Crippen LogP contribution is 2.22. The molecular weight excluding hydrogens is 272 g/mol. The standard InChI is InChI=1S/C15H20N2O4/c1-17(13-9-21-8-12(13)15(19)20)14(18)11-5-3-2-4-10(11)6-7-16/h2-5,12-13H,6-9,16H2,1H3,(H,19,20). The number of likely N-dealkylation sites (N-methyl/N-ethyl adjacent to an activating group) is 1. The topological polar surface area (TPSA) is 92.9 Å². The van der Waals surface area contributed by atoms with Crippen LogP contribution in [0.4, 0.5) is 0 Å². The van der Waals surface area contributed by atoms with Crippen LogP contribution in [0.5, 0.6) is 0 Å². The third kappa shape index (κ3) is 3.22. The summed E-state index contributed by atoms with van der Waals surface area (Å²) in [5.74, 6) is -1.81. The van der Waals surface area contributed by atoms with Crippen LogP contribution in [-0.2, 0) is 16.0 Å². The Labute approximate surface area is 123 Å². The van der Waals surface area contributed by atoms with Gasteiger partial charge in [-0.25, -0.2) is 0 Å². The summed E-state index contributed by atoms with van der Waals surface area (Å²) in [5.41, 5.74) is 7.02. The predicted molar refractivity (Wildman–Crippen MR) is 77.0 cm³/mol. The van der Waals surface area contributed by atoms with Crippen molar-refractivity contribution in [1.82, 2.24) is 4.90 Å². The molecule has 3 N–H and O–H groups in total. The fourth-order valence-electron chi connectivity index (χ4n) is 2.60. The fourth-order valence-corrected chi connectivity index (χ4v) is 2.60. The third-order valence-corrected chi connectivity index (χ3v) is 3.85. The van der Waals surface area contributed by atoms with Crippen molar-refractivity contribution in [2.75, 3.05) is 26.8 Å². The molecule has 114 valence electrons. The summed E-state index contributed by atoms with van der Waals surface area (Å²) in [6.07, 6.45) is 0.610. The van der Waals surface area contributed by atoms with Crippen LogP contribution >= 0.6 is 0 Å². The maximum atomic E-state index is 12.6. The molecule has 1 fully saturated rings. The van der Waals surface area contributed by atoms with Gasteiger partial charge in [0, 0.05) is 12.6 Å². The van der Waals surface area contributed by atoms with Crippen molar-refractivity contribution in [1.29, 1.82) is 0 Å². The van der Waals surface area contributed by atoms with E-state index in [1.54, 1.807) is 19.2 Å². The zero-order chi connectivity index (χ0) is 15.4. The minimum atomic E-state index is -0.938. The third-order valence-electron chi connectivity index (χ3n) is 3.85. The molecular formula is C15H20N2O4. The number of aliphatic carboxylic acids is 1. The summed E-state index contributed by atoms with van der Waals surface area (Å²) in [7, 11) is 1.62. The number of amides is 1. The van der Waals surface area contributed by atoms with Crippen molar-refractivity contribution in [3.63, 3.8) is 0 Å². The minimum Gasteiger partial charge on any atom is -0.481 e. The second-order valence-electron chi connectivity index (χ2n) is 5.16. The molecule has 0 bridgehead atoms. The maximum Gasteiger partial charge on any atom is 0.311 e. The van der Waals surface area contributed by atoms with Crippen LogP contribution in [-0.4, -0.2) is 54.7 Å². The molecule has 1 aliphatic rings. The Balaban J connectivity index is 2.21. The van der Waals surface area contributed by atoms with Gasteiger partial charge in [-0.05, 0) is 24.6 Å². The van der Waals surface area contributed by atoms with Crippen LogP contribution in [0.1, 0.15) is 15.9 Å². The first-order valence-corrected chi connectivity index (χ1v) is 6.92. The van der Waals surface area contributed by atoms with Gasteiger partial charge in [-0.3, -0.25) is 9.59 Å². The Hall–Kier alpha value is -1.92. The van der Waals surface area contributed by atoms with E-state index >= 15 is 0 Å². The number of carboxylic acid groups (broad SMARTS) is 1. The lowest BCUT2D eigenvalue weighted by atomic mass is 9.99. The van der Waals surface area contributed by atoms with E-state index in [1.807, 2.05) is 12.1 Å². The van der Waals surface area contributed by atoms with E-state index in [9.17, 15) is 14.7 Å². The monoisotopic (exact) mass is 292 g/mol. The molecule has 21 heavy (non-hydrogen) atoms. The van der Waals surface area contributed by atoms with E-state index in [1.165, 1.54) is 4.90 Å². The fraction of sp³-hybridized carbons (Fsp3) is 0.467. The van der Waals surface area contributed by atoms with Crippen molar-refractivity contribution in [3.05, 3.63) is 35.4 Å². The van der Waals surface area contributed by atoms with Crippen molar-refractivity contribution < 1.29 is 19.4 Å². The maximum absolute atomic E-state index is 12.6. The summed E-state index contributed by atoms with van der Waals surface area (Å²) in [4.78, 5) is 25.3. The number of nitrogens with two attached hydrogens (primary N) is 1. The van der Waals surface area contributed by atoms with Crippen molar-refractivity contribution in [2.24, 2.45) is 11.7 Å². The molecule has 2 rings (SSSR count). The first kappa shape index (κ1) is 15.5. The number of carbonyl (C=O) groups is 2. The molecule has 1 aliphatic heterocycles. The summed E-state index contributed by atoms with van der Waals surface area (Å²) in [6.45, 7) is 0.846. The number of carboxylic acids is 1. The second-order valence-corrected chi connectivity index (χ2v) is 5.16. The van der Waals surface area contributed by atoms with Crippen molar-refractivity contribution >= 4 is 11.9 Å². The largest absolute Gasteiger partial charge is 0.481 e. The summed E-state index contributed by atoms with van der Waals surface area (Å²) < 4.78 is 5.22. The lowest BCUT2D eigenvalue weighted by Gasteiger charge is -2.27. The average molecular weight is 292 g/mol. The van der Waals surface area contributed by atoms with Gasteiger partial charge < -0.3 is 20.5 Å². The van der Waals surface area contributed by atoms with E-state index < -0.39 is 17.9 Å². The molecule has 1 aromatic carbocycles. The molecule has 0 aliphatic carbocycles. The van der Waals surface area contributed by atoms with E-state index in [4.69, 9.17) is 10.5 Å². The average Bonchev–Trinajstić information content (AvgIpc) is 2.96. The zero-order valence-corrected chi connectivity index (χ0v) is 12.0. The first-order valence-electron chi connectivity index (χ1n) is 6.92. The van der Waals surface area contributed by atoms with Crippen LogP contribution in [0, 0.1) is 5.92 Å². The van der Waals surface area contributed by atoms with Gasteiger partial charge in [0.2, 0.25) is 0 Å². The molecule has 0 spiro atoms. The Morgan fingerprint density at radius 1 is 1.38 bits per heavy atom. The summed E-state index contributed by atoms with van der Waals surface area (Å²) >= 11 is 0. The van der Waals surface area contributed by atoms with Gasteiger partial charge in [-0.2, -0.15) is 0 Å². The molecule has 1 saturated heterocycles. The molecule has 0 aromatic heterocycles. The number of carbonyl (C=O) groups excluding carboxylic acids is 1. The zero-order valence-electron chi connectivity index (χ0n) is 12.0. The van der Waals surface area contributed by atoms with Crippen molar-refractivity contribution in [2.45, 2.75) is 12.5 Å². The second kappa shape index (κ2) is 6.69. The van der Waals surface area contributed by atoms with Gasteiger partial charge in [-0.1, -0.05) is 18.2 Å². The number of benzene rings is 1. The Morgan fingerprint density at radius 3 is 2.76 bits per heavy atom. The van der Waals surface area contributed by atoms with Crippen LogP contribution in [0.3, 0.4) is 0 Å². The Kier molecular flexibility index (Phi) is 4.93. The molecule has 6 heteroatoms. The van der Waals surface area contributed by atoms with Gasteiger partial charge >= 0.3 is 5.97 Å². The molecule has 0 saturated carbocycles. The molecule has 2 atom stereocenters. The highest BCUT2D eigenvalue weighted by Gasteiger charge is 2.38. The highest BCUT2D eigenvalue weighted by molar-refractivity contribution is 5.96. The van der Waals surface area contributed by atoms with E-state index in [0.29, 0.717) is 18.5 Å². The van der Waals surface area contributed by atoms with Crippen LogP contribution in [0.2, 0.25) is 0 Å². The normalized spacial score (nSPS) is 21.2. The number of hydrogen-bond acceptors (Lipinski definition) is 4. The van der Waals surface area contributed by atoms with Gasteiger partial charge in [0.1, 0.15) is 5.92 Å². The van der Waals surface area contributed by atoms with Gasteiger partial charge in [0.25, 0.3) is 5.91 Å². The van der Waals surface area contributed by atoms with Crippen molar-refractivity contribution in [3.8, 4) is 0 Å². The van der Waals surface area contributed by atoms with Gasteiger partial charge in [0.05, 0.1) is 19.3 Å². The Morgan fingerprint density at radius 2 is 2.10 bits per heavy atom. The van der Waals surface area contributed by atoms with Crippen LogP contribution in [0.25, 0.3) is 0 Å². The molecule has 1 heterocycles. The molecule has 2 unspecified atom stereocenters. The lowest BCUT2D eigenvalue weighted by molar-refractivity contribution is -0.142. The molecule has 6 nitrogen and oxygen atoms in total. The number of nitrogens with zero attached hydrogens (tertiary/aromatic N) is 1. The summed E-state index contributed by atoms with van der Waals surface area (Å²) in [5, 5.41) is 9.19. The molecule has 1 aromatic rings. The highest BCUT2D eigenvalue weighted by atomic mass is 16.5. The quantitative estimate of drug-likeness (QED) is 0.817. The lowest BCUT2D eigenvalue weighted by Crippen LogP contribution is -2.44. The molecule has 0 radical (unpaired) electrons. The van der Waals surface area contributed by atoms with E-state index in [-0.39, 0.29) is 19.1 Å². The number of hydrogen-bond donors (Lipinski definition) is 2. The van der Waals surface area contributed by atoms with Crippen LogP contribution < -0.4 is 5.73 Å². The first-order chi connectivity index (χ1) is 10.1.